The minimum absolute atomic E-state index is 0.0108. The number of aromatic nitrogens is 2. The highest BCUT2D eigenvalue weighted by molar-refractivity contribution is 6.30. The highest BCUT2D eigenvalue weighted by Gasteiger charge is 2.34. The van der Waals surface area contributed by atoms with Gasteiger partial charge in [0, 0.05) is 23.1 Å². The summed E-state index contributed by atoms with van der Waals surface area (Å²) < 4.78 is 39.3. The summed E-state index contributed by atoms with van der Waals surface area (Å²) in [5.41, 5.74) is -0.669. The molecule has 3 rings (SSSR count). The lowest BCUT2D eigenvalue weighted by Gasteiger charge is -2.14. The predicted molar refractivity (Wildman–Crippen MR) is 96.2 cm³/mol. The first-order valence-electron chi connectivity index (χ1n) is 7.65. The van der Waals surface area contributed by atoms with Crippen LogP contribution in [0.2, 0.25) is 5.02 Å². The Morgan fingerprint density at radius 3 is 2.30 bits per heavy atom. The number of alkyl halides is 3. The maximum atomic E-state index is 13.1. The van der Waals surface area contributed by atoms with Crippen LogP contribution in [-0.4, -0.2) is 15.9 Å². The van der Waals surface area contributed by atoms with Crippen molar-refractivity contribution in [2.45, 2.75) is 6.18 Å². The Morgan fingerprint density at radius 2 is 1.67 bits per heavy atom. The number of benzene rings is 2. The molecule has 2 N–H and O–H groups in total. The number of rotatable bonds is 4. The van der Waals surface area contributed by atoms with Gasteiger partial charge in [-0.15, -0.1) is 0 Å². The van der Waals surface area contributed by atoms with Crippen LogP contribution >= 0.6 is 11.6 Å². The first-order valence-corrected chi connectivity index (χ1v) is 8.03. The van der Waals surface area contributed by atoms with Gasteiger partial charge in [0.05, 0.1) is 16.8 Å². The molecule has 1 aromatic heterocycles. The summed E-state index contributed by atoms with van der Waals surface area (Å²) in [4.78, 5) is 20.2. The standard InChI is InChI=1S/C18H12ClF3N4O/c19-12-6-7-15(14(8-12)18(20,21)22)26-16(27)11-9-23-17(24-10-11)25-13-4-2-1-3-5-13/h1-10H,(H,26,27)(H,23,24,25). The van der Waals surface area contributed by atoms with Crippen LogP contribution in [0.15, 0.2) is 60.9 Å². The molecule has 0 saturated carbocycles. The van der Waals surface area contributed by atoms with Crippen molar-refractivity contribution in [3.8, 4) is 0 Å². The number of anilines is 3. The number of nitrogens with one attached hydrogen (secondary N) is 2. The lowest BCUT2D eigenvalue weighted by atomic mass is 10.1. The van der Waals surface area contributed by atoms with Crippen molar-refractivity contribution < 1.29 is 18.0 Å². The summed E-state index contributed by atoms with van der Waals surface area (Å²) in [6, 6.07) is 12.2. The molecular formula is C18H12ClF3N4O. The Labute approximate surface area is 157 Å². The summed E-state index contributed by atoms with van der Waals surface area (Å²) in [6.07, 6.45) is -2.22. The second-order valence-corrected chi connectivity index (χ2v) is 5.86. The molecule has 0 unspecified atom stereocenters. The van der Waals surface area contributed by atoms with E-state index in [0.717, 1.165) is 17.8 Å². The highest BCUT2D eigenvalue weighted by atomic mass is 35.5. The van der Waals surface area contributed by atoms with Crippen LogP contribution in [0.1, 0.15) is 15.9 Å². The lowest BCUT2D eigenvalue weighted by molar-refractivity contribution is -0.136. The minimum Gasteiger partial charge on any atom is -0.324 e. The fourth-order valence-corrected chi connectivity index (χ4v) is 2.39. The van der Waals surface area contributed by atoms with E-state index < -0.39 is 23.3 Å². The smallest absolute Gasteiger partial charge is 0.324 e. The van der Waals surface area contributed by atoms with Crippen molar-refractivity contribution in [3.63, 3.8) is 0 Å². The zero-order valence-corrected chi connectivity index (χ0v) is 14.3. The second-order valence-electron chi connectivity index (χ2n) is 5.43. The lowest BCUT2D eigenvalue weighted by Crippen LogP contribution is -2.17. The van der Waals surface area contributed by atoms with Gasteiger partial charge in [-0.25, -0.2) is 9.97 Å². The molecule has 0 aliphatic rings. The molecular weight excluding hydrogens is 381 g/mol. The van der Waals surface area contributed by atoms with Crippen LogP contribution in [0, 0.1) is 0 Å². The minimum atomic E-state index is -4.66. The normalized spacial score (nSPS) is 11.1. The maximum absolute atomic E-state index is 13.1. The van der Waals surface area contributed by atoms with Crippen LogP contribution in [0.5, 0.6) is 0 Å². The number of carbonyl (C=O) groups excluding carboxylic acids is 1. The third-order valence-corrected chi connectivity index (χ3v) is 3.71. The number of amides is 1. The first kappa shape index (κ1) is 18.7. The fourth-order valence-electron chi connectivity index (χ4n) is 2.21. The Bertz CT molecular complexity index is 947. The molecule has 3 aromatic rings. The van der Waals surface area contributed by atoms with E-state index in [2.05, 4.69) is 20.6 Å². The molecule has 0 fully saturated rings. The van der Waals surface area contributed by atoms with Gasteiger partial charge >= 0.3 is 6.18 Å². The molecule has 138 valence electrons. The second kappa shape index (κ2) is 7.63. The van der Waals surface area contributed by atoms with Crippen molar-refractivity contribution >= 4 is 34.8 Å². The summed E-state index contributed by atoms with van der Waals surface area (Å²) >= 11 is 5.62. The molecule has 5 nitrogen and oxygen atoms in total. The third kappa shape index (κ3) is 4.73. The van der Waals surface area contributed by atoms with Crippen molar-refractivity contribution in [2.75, 3.05) is 10.6 Å². The predicted octanol–water partition coefficient (Wildman–Crippen LogP) is 5.14. The monoisotopic (exact) mass is 392 g/mol. The molecule has 0 aliphatic carbocycles. The van der Waals surface area contributed by atoms with E-state index in [1.54, 1.807) is 0 Å². The molecule has 1 amide bonds. The molecule has 0 saturated heterocycles. The largest absolute Gasteiger partial charge is 0.418 e. The number of para-hydroxylation sites is 1. The summed E-state index contributed by atoms with van der Waals surface area (Å²) in [5, 5.41) is 5.07. The van der Waals surface area contributed by atoms with E-state index in [9.17, 15) is 18.0 Å². The van der Waals surface area contributed by atoms with E-state index in [0.29, 0.717) is 0 Å². The Hall–Kier alpha value is -3.13. The number of halogens is 4. The van der Waals surface area contributed by atoms with Crippen molar-refractivity contribution in [1.82, 2.24) is 9.97 Å². The Morgan fingerprint density at radius 1 is 1.00 bits per heavy atom. The Kier molecular flexibility index (Phi) is 5.27. The summed E-state index contributed by atoms with van der Waals surface area (Å²) in [5.74, 6) is -0.519. The molecule has 27 heavy (non-hydrogen) atoms. The topological polar surface area (TPSA) is 66.9 Å². The van der Waals surface area contributed by atoms with E-state index in [-0.39, 0.29) is 16.5 Å². The van der Waals surface area contributed by atoms with Gasteiger partial charge in [0.2, 0.25) is 5.95 Å². The van der Waals surface area contributed by atoms with Crippen LogP contribution in [0.3, 0.4) is 0 Å². The van der Waals surface area contributed by atoms with Crippen molar-refractivity contribution in [3.05, 3.63) is 77.1 Å². The number of nitrogens with zero attached hydrogens (tertiary/aromatic N) is 2. The SMILES string of the molecule is O=C(Nc1ccc(Cl)cc1C(F)(F)F)c1cnc(Nc2ccccc2)nc1. The van der Waals surface area contributed by atoms with E-state index in [4.69, 9.17) is 11.6 Å². The molecule has 0 radical (unpaired) electrons. The van der Waals surface area contributed by atoms with Gasteiger partial charge in [-0.05, 0) is 30.3 Å². The molecule has 2 aromatic carbocycles. The van der Waals surface area contributed by atoms with Gasteiger partial charge in [-0.3, -0.25) is 4.79 Å². The Balaban J connectivity index is 1.75. The zero-order valence-electron chi connectivity index (χ0n) is 13.6. The molecule has 0 atom stereocenters. The van der Waals surface area contributed by atoms with E-state index in [1.165, 1.54) is 18.5 Å². The maximum Gasteiger partial charge on any atom is 0.418 e. The fraction of sp³-hybridized carbons (Fsp3) is 0.0556. The van der Waals surface area contributed by atoms with Gasteiger partial charge in [-0.2, -0.15) is 13.2 Å². The molecule has 0 aliphatic heterocycles. The van der Waals surface area contributed by atoms with Gasteiger partial charge < -0.3 is 10.6 Å². The number of hydrogen-bond donors (Lipinski definition) is 2. The molecule has 0 bridgehead atoms. The van der Waals surface area contributed by atoms with Gasteiger partial charge in [0.15, 0.2) is 0 Å². The highest BCUT2D eigenvalue weighted by Crippen LogP contribution is 2.36. The van der Waals surface area contributed by atoms with Gasteiger partial charge in [0.25, 0.3) is 5.91 Å². The van der Waals surface area contributed by atoms with E-state index in [1.807, 2.05) is 30.3 Å². The van der Waals surface area contributed by atoms with Gasteiger partial charge in [-0.1, -0.05) is 29.8 Å². The van der Waals surface area contributed by atoms with Crippen LogP contribution in [-0.2, 0) is 6.18 Å². The number of carbonyl (C=O) groups is 1. The molecule has 0 spiro atoms. The van der Waals surface area contributed by atoms with Gasteiger partial charge in [0.1, 0.15) is 0 Å². The quantitative estimate of drug-likeness (QED) is 0.644. The van der Waals surface area contributed by atoms with Crippen LogP contribution in [0.4, 0.5) is 30.5 Å². The average molecular weight is 393 g/mol. The third-order valence-electron chi connectivity index (χ3n) is 3.48. The van der Waals surface area contributed by atoms with Crippen molar-refractivity contribution in [1.29, 1.82) is 0 Å². The number of hydrogen-bond acceptors (Lipinski definition) is 4. The molecule has 9 heteroatoms. The van der Waals surface area contributed by atoms with E-state index >= 15 is 0 Å². The average Bonchev–Trinajstić information content (AvgIpc) is 2.64. The zero-order chi connectivity index (χ0) is 19.4. The molecule has 1 heterocycles. The van der Waals surface area contributed by atoms with Crippen LogP contribution < -0.4 is 10.6 Å². The van der Waals surface area contributed by atoms with Crippen molar-refractivity contribution in [2.24, 2.45) is 0 Å². The summed E-state index contributed by atoms with van der Waals surface area (Å²) in [7, 11) is 0. The summed E-state index contributed by atoms with van der Waals surface area (Å²) in [6.45, 7) is 0. The van der Waals surface area contributed by atoms with Crippen LogP contribution in [0.25, 0.3) is 0 Å². The first-order chi connectivity index (χ1) is 12.8.